The summed E-state index contributed by atoms with van der Waals surface area (Å²) in [6.45, 7) is 6.47. The molecule has 0 aliphatic heterocycles. The molecule has 0 fully saturated rings. The summed E-state index contributed by atoms with van der Waals surface area (Å²) in [5.74, 6) is 1.40. The zero-order valence-corrected chi connectivity index (χ0v) is 13.1. The first-order valence-corrected chi connectivity index (χ1v) is 7.27. The Balaban J connectivity index is 2.36. The van der Waals surface area contributed by atoms with Crippen molar-refractivity contribution in [3.8, 4) is 5.75 Å². The van der Waals surface area contributed by atoms with Gasteiger partial charge in [0.1, 0.15) is 11.3 Å². The fourth-order valence-electron chi connectivity index (χ4n) is 2.21. The Kier molecular flexibility index (Phi) is 4.30. The van der Waals surface area contributed by atoms with Crippen LogP contribution < -0.4 is 10.5 Å². The Bertz CT molecular complexity index is 584. The maximum Gasteiger partial charge on any atom is 0.146 e. The van der Waals surface area contributed by atoms with Gasteiger partial charge in [0.2, 0.25) is 0 Å². The minimum Gasteiger partial charge on any atom is -0.488 e. The molecule has 102 valence electrons. The van der Waals surface area contributed by atoms with Gasteiger partial charge in [0, 0.05) is 21.7 Å². The van der Waals surface area contributed by atoms with E-state index in [1.807, 2.05) is 18.2 Å². The molecule has 1 atom stereocenters. The molecule has 0 saturated heterocycles. The lowest BCUT2D eigenvalue weighted by molar-refractivity contribution is 0.195. The molecule has 1 aromatic heterocycles. The van der Waals surface area contributed by atoms with E-state index in [1.54, 1.807) is 6.20 Å². The number of rotatable bonds is 4. The van der Waals surface area contributed by atoms with Crippen LogP contribution in [-0.4, -0.2) is 11.1 Å². The molecule has 2 aromatic rings. The summed E-state index contributed by atoms with van der Waals surface area (Å²) in [5.41, 5.74) is 7.52. The van der Waals surface area contributed by atoms with Gasteiger partial charge >= 0.3 is 0 Å². The summed E-state index contributed by atoms with van der Waals surface area (Å²) in [6, 6.07) is 5.74. The number of nitrogens with two attached hydrogens (primary N) is 1. The topological polar surface area (TPSA) is 48.1 Å². The first-order chi connectivity index (χ1) is 8.97. The van der Waals surface area contributed by atoms with Crippen LogP contribution >= 0.6 is 15.9 Å². The highest BCUT2D eigenvalue weighted by atomic mass is 79.9. The zero-order valence-electron chi connectivity index (χ0n) is 11.5. The third kappa shape index (κ3) is 3.38. The number of aromatic nitrogens is 1. The summed E-state index contributed by atoms with van der Waals surface area (Å²) in [4.78, 5) is 4.42. The van der Waals surface area contributed by atoms with Gasteiger partial charge in [0.15, 0.2) is 0 Å². The minimum atomic E-state index is 0.164. The number of anilines is 1. The molecule has 0 saturated carbocycles. The third-order valence-electron chi connectivity index (χ3n) is 2.94. The predicted octanol–water partition coefficient (Wildman–Crippen LogP) is 4.39. The van der Waals surface area contributed by atoms with E-state index in [4.69, 9.17) is 10.5 Å². The highest BCUT2D eigenvalue weighted by Gasteiger charge is 2.11. The molecule has 0 spiro atoms. The van der Waals surface area contributed by atoms with Crippen molar-refractivity contribution in [2.75, 3.05) is 5.73 Å². The molecule has 0 aliphatic carbocycles. The van der Waals surface area contributed by atoms with Gasteiger partial charge < -0.3 is 10.5 Å². The van der Waals surface area contributed by atoms with Crippen molar-refractivity contribution in [3.05, 3.63) is 28.9 Å². The minimum absolute atomic E-state index is 0.164. The van der Waals surface area contributed by atoms with Crippen molar-refractivity contribution in [2.24, 2.45) is 5.92 Å². The van der Waals surface area contributed by atoms with Gasteiger partial charge in [-0.15, -0.1) is 0 Å². The van der Waals surface area contributed by atoms with E-state index in [0.717, 1.165) is 27.5 Å². The molecule has 1 heterocycles. The number of ether oxygens (including phenoxy) is 1. The second-order valence-corrected chi connectivity index (χ2v) is 6.18. The van der Waals surface area contributed by atoms with E-state index in [0.29, 0.717) is 11.6 Å². The average Bonchev–Trinajstić information content (AvgIpc) is 2.32. The molecule has 0 aliphatic rings. The van der Waals surface area contributed by atoms with Gasteiger partial charge in [-0.25, -0.2) is 0 Å². The number of fused-ring (bicyclic) bond motifs is 1. The molecular formula is C15H19BrN2O. The molecular weight excluding hydrogens is 304 g/mol. The lowest BCUT2D eigenvalue weighted by Crippen LogP contribution is -2.14. The van der Waals surface area contributed by atoms with Gasteiger partial charge in [0.25, 0.3) is 0 Å². The third-order valence-corrected chi connectivity index (χ3v) is 3.38. The maximum absolute atomic E-state index is 6.00. The van der Waals surface area contributed by atoms with E-state index < -0.39 is 0 Å². The van der Waals surface area contributed by atoms with Crippen molar-refractivity contribution in [1.29, 1.82) is 0 Å². The van der Waals surface area contributed by atoms with E-state index in [2.05, 4.69) is 41.7 Å². The lowest BCUT2D eigenvalue weighted by Gasteiger charge is -2.18. The molecule has 1 aromatic carbocycles. The number of hydrogen-bond donors (Lipinski definition) is 1. The standard InChI is InChI=1S/C15H19BrN2O/c1-9(2)6-10(3)19-14-5-4-13(17)12-7-11(16)8-18-15(12)14/h4-5,7-10H,6,17H2,1-3H3. The SMILES string of the molecule is CC(C)CC(C)Oc1ccc(N)c2cc(Br)cnc12. The smallest absolute Gasteiger partial charge is 0.146 e. The number of hydrogen-bond acceptors (Lipinski definition) is 3. The van der Waals surface area contributed by atoms with Crippen LogP contribution in [0.2, 0.25) is 0 Å². The molecule has 2 rings (SSSR count). The Morgan fingerprint density at radius 3 is 2.74 bits per heavy atom. The summed E-state index contributed by atoms with van der Waals surface area (Å²) >= 11 is 3.42. The maximum atomic E-state index is 6.00. The van der Waals surface area contributed by atoms with Crippen LogP contribution in [0.25, 0.3) is 10.9 Å². The number of halogens is 1. The molecule has 2 N–H and O–H groups in total. The van der Waals surface area contributed by atoms with Crippen LogP contribution in [0, 0.1) is 5.92 Å². The average molecular weight is 323 g/mol. The van der Waals surface area contributed by atoms with Crippen LogP contribution in [0.5, 0.6) is 5.75 Å². The van der Waals surface area contributed by atoms with E-state index in [1.165, 1.54) is 0 Å². The number of nitrogens with zero attached hydrogens (tertiary/aromatic N) is 1. The zero-order chi connectivity index (χ0) is 14.0. The number of benzene rings is 1. The molecule has 0 amide bonds. The second kappa shape index (κ2) is 5.78. The molecule has 4 heteroatoms. The molecule has 0 bridgehead atoms. The summed E-state index contributed by atoms with van der Waals surface area (Å²) in [6.07, 6.45) is 2.95. The quantitative estimate of drug-likeness (QED) is 0.849. The van der Waals surface area contributed by atoms with E-state index in [-0.39, 0.29) is 6.10 Å². The fourth-order valence-corrected chi connectivity index (χ4v) is 2.54. The first-order valence-electron chi connectivity index (χ1n) is 6.47. The summed E-state index contributed by atoms with van der Waals surface area (Å²) in [7, 11) is 0. The predicted molar refractivity (Wildman–Crippen MR) is 83.4 cm³/mol. The van der Waals surface area contributed by atoms with E-state index in [9.17, 15) is 0 Å². The van der Waals surface area contributed by atoms with Crippen molar-refractivity contribution < 1.29 is 4.74 Å². The lowest BCUT2D eigenvalue weighted by atomic mass is 10.1. The van der Waals surface area contributed by atoms with Crippen LogP contribution in [0.15, 0.2) is 28.9 Å². The fraction of sp³-hybridized carbons (Fsp3) is 0.400. The number of pyridine rings is 1. The van der Waals surface area contributed by atoms with Crippen LogP contribution in [-0.2, 0) is 0 Å². The summed E-state index contributed by atoms with van der Waals surface area (Å²) < 4.78 is 6.92. The van der Waals surface area contributed by atoms with Crippen molar-refractivity contribution >= 4 is 32.5 Å². The molecule has 19 heavy (non-hydrogen) atoms. The highest BCUT2D eigenvalue weighted by molar-refractivity contribution is 9.10. The van der Waals surface area contributed by atoms with Gasteiger partial charge in [-0.1, -0.05) is 13.8 Å². The van der Waals surface area contributed by atoms with Gasteiger partial charge in [-0.05, 0) is 53.4 Å². The molecule has 3 nitrogen and oxygen atoms in total. The Hall–Kier alpha value is -1.29. The largest absolute Gasteiger partial charge is 0.488 e. The highest BCUT2D eigenvalue weighted by Crippen LogP contribution is 2.31. The summed E-state index contributed by atoms with van der Waals surface area (Å²) in [5, 5.41) is 0.920. The first kappa shape index (κ1) is 14.1. The van der Waals surface area contributed by atoms with Gasteiger partial charge in [-0.3, -0.25) is 4.98 Å². The Morgan fingerprint density at radius 2 is 2.05 bits per heavy atom. The van der Waals surface area contributed by atoms with Crippen molar-refractivity contribution in [2.45, 2.75) is 33.3 Å². The van der Waals surface area contributed by atoms with Gasteiger partial charge in [0.05, 0.1) is 6.10 Å². The Labute approximate surface area is 122 Å². The van der Waals surface area contributed by atoms with Crippen LogP contribution in [0.4, 0.5) is 5.69 Å². The van der Waals surface area contributed by atoms with Crippen molar-refractivity contribution in [3.63, 3.8) is 0 Å². The van der Waals surface area contributed by atoms with Crippen LogP contribution in [0.3, 0.4) is 0 Å². The van der Waals surface area contributed by atoms with Gasteiger partial charge in [-0.2, -0.15) is 0 Å². The monoisotopic (exact) mass is 322 g/mol. The van der Waals surface area contributed by atoms with E-state index >= 15 is 0 Å². The molecule has 1 unspecified atom stereocenters. The Morgan fingerprint density at radius 1 is 1.32 bits per heavy atom. The molecule has 0 radical (unpaired) electrons. The van der Waals surface area contributed by atoms with Crippen LogP contribution in [0.1, 0.15) is 27.2 Å². The normalized spacial score (nSPS) is 12.9. The van der Waals surface area contributed by atoms with Crippen molar-refractivity contribution in [1.82, 2.24) is 4.98 Å². The number of nitrogen functional groups attached to an aromatic ring is 1. The second-order valence-electron chi connectivity index (χ2n) is 5.26.